The molecule has 4 nitrogen and oxygen atoms in total. The number of hydrogen-bond acceptors (Lipinski definition) is 3. The second-order valence-electron chi connectivity index (χ2n) is 6.90. The summed E-state index contributed by atoms with van der Waals surface area (Å²) in [5, 5.41) is 14.2. The molecule has 0 bridgehead atoms. The molecule has 0 aromatic heterocycles. The minimum absolute atomic E-state index is 0.0248. The van der Waals surface area contributed by atoms with Gasteiger partial charge < -0.3 is 15.3 Å². The van der Waals surface area contributed by atoms with E-state index in [9.17, 15) is 9.90 Å². The van der Waals surface area contributed by atoms with Gasteiger partial charge >= 0.3 is 0 Å². The molecule has 1 aliphatic heterocycles. The van der Waals surface area contributed by atoms with Crippen LogP contribution in [0, 0.1) is 5.92 Å². The summed E-state index contributed by atoms with van der Waals surface area (Å²) >= 11 is 5.84. The molecule has 2 fully saturated rings. The number of benzene rings is 1. The molecule has 1 aromatic carbocycles. The van der Waals surface area contributed by atoms with Crippen LogP contribution in [0.2, 0.25) is 5.02 Å². The standard InChI is InChI=1S/C18H25ClN2O2/c19-15-4-6-16(7-5-15)20-17(22)8-11-21-12-10-18(23)9-2-1-3-14(18)13-21/h4-7,14,23H,1-3,8-13H2,(H,20,22)/t14-,18-/m0/s1. The summed E-state index contributed by atoms with van der Waals surface area (Å²) in [6.07, 6.45) is 5.76. The van der Waals surface area contributed by atoms with Crippen LogP contribution in [-0.2, 0) is 4.79 Å². The van der Waals surface area contributed by atoms with Crippen LogP contribution in [-0.4, -0.2) is 41.1 Å². The molecule has 2 atom stereocenters. The van der Waals surface area contributed by atoms with Crippen molar-refractivity contribution in [3.05, 3.63) is 29.3 Å². The number of likely N-dealkylation sites (tertiary alicyclic amines) is 1. The number of nitrogens with zero attached hydrogens (tertiary/aromatic N) is 1. The van der Waals surface area contributed by atoms with Crippen LogP contribution in [0.15, 0.2) is 24.3 Å². The zero-order valence-corrected chi connectivity index (χ0v) is 14.2. The van der Waals surface area contributed by atoms with Gasteiger partial charge in [0.1, 0.15) is 0 Å². The first-order valence-corrected chi connectivity index (χ1v) is 8.93. The van der Waals surface area contributed by atoms with Crippen LogP contribution < -0.4 is 5.32 Å². The zero-order chi connectivity index (χ0) is 16.3. The fourth-order valence-electron chi connectivity index (χ4n) is 3.86. The van der Waals surface area contributed by atoms with Crippen LogP contribution in [0.1, 0.15) is 38.5 Å². The Morgan fingerprint density at radius 3 is 2.87 bits per heavy atom. The molecule has 2 N–H and O–H groups in total. The van der Waals surface area contributed by atoms with Crippen LogP contribution in [0.5, 0.6) is 0 Å². The van der Waals surface area contributed by atoms with Crippen molar-refractivity contribution in [1.82, 2.24) is 4.90 Å². The summed E-state index contributed by atoms with van der Waals surface area (Å²) in [6.45, 7) is 2.57. The number of aliphatic hydroxyl groups is 1. The number of amides is 1. The van der Waals surface area contributed by atoms with E-state index in [1.54, 1.807) is 12.1 Å². The normalized spacial score (nSPS) is 28.2. The van der Waals surface area contributed by atoms with Crippen LogP contribution >= 0.6 is 11.6 Å². The second-order valence-corrected chi connectivity index (χ2v) is 7.34. The van der Waals surface area contributed by atoms with E-state index in [-0.39, 0.29) is 5.91 Å². The van der Waals surface area contributed by atoms with Crippen molar-refractivity contribution in [3.8, 4) is 0 Å². The predicted octanol–water partition coefficient (Wildman–Crippen LogP) is 3.30. The van der Waals surface area contributed by atoms with E-state index < -0.39 is 5.60 Å². The molecule has 1 saturated heterocycles. The van der Waals surface area contributed by atoms with E-state index in [0.717, 1.165) is 51.0 Å². The van der Waals surface area contributed by atoms with Crippen molar-refractivity contribution in [2.24, 2.45) is 5.92 Å². The maximum Gasteiger partial charge on any atom is 0.225 e. The van der Waals surface area contributed by atoms with Gasteiger partial charge in [0.2, 0.25) is 5.91 Å². The highest BCUT2D eigenvalue weighted by molar-refractivity contribution is 6.30. The van der Waals surface area contributed by atoms with Crippen molar-refractivity contribution in [1.29, 1.82) is 0 Å². The van der Waals surface area contributed by atoms with Crippen LogP contribution in [0.4, 0.5) is 5.69 Å². The molecule has 1 aromatic rings. The number of hydrogen-bond donors (Lipinski definition) is 2. The summed E-state index contributed by atoms with van der Waals surface area (Å²) < 4.78 is 0. The molecule has 126 valence electrons. The van der Waals surface area contributed by atoms with Gasteiger partial charge in [0, 0.05) is 42.7 Å². The summed E-state index contributed by atoms with van der Waals surface area (Å²) in [7, 11) is 0. The van der Waals surface area contributed by atoms with E-state index >= 15 is 0 Å². The van der Waals surface area contributed by atoms with Gasteiger partial charge in [-0.25, -0.2) is 0 Å². The largest absolute Gasteiger partial charge is 0.390 e. The number of carbonyl (C=O) groups excluding carboxylic acids is 1. The monoisotopic (exact) mass is 336 g/mol. The minimum Gasteiger partial charge on any atom is -0.390 e. The number of fused-ring (bicyclic) bond motifs is 1. The lowest BCUT2D eigenvalue weighted by Crippen LogP contribution is -2.53. The molecular weight excluding hydrogens is 312 g/mol. The maximum absolute atomic E-state index is 12.1. The first kappa shape index (κ1) is 16.7. The van der Waals surface area contributed by atoms with Gasteiger partial charge in [0.15, 0.2) is 0 Å². The molecule has 3 rings (SSSR count). The van der Waals surface area contributed by atoms with Gasteiger partial charge in [-0.2, -0.15) is 0 Å². The number of carbonyl (C=O) groups is 1. The van der Waals surface area contributed by atoms with Crippen LogP contribution in [0.3, 0.4) is 0 Å². The van der Waals surface area contributed by atoms with E-state index in [0.29, 0.717) is 17.4 Å². The van der Waals surface area contributed by atoms with Gasteiger partial charge in [-0.3, -0.25) is 4.79 Å². The van der Waals surface area contributed by atoms with Crippen LogP contribution in [0.25, 0.3) is 0 Å². The molecule has 0 radical (unpaired) electrons. The first-order valence-electron chi connectivity index (χ1n) is 8.55. The van der Waals surface area contributed by atoms with Crippen molar-refractivity contribution < 1.29 is 9.90 Å². The van der Waals surface area contributed by atoms with Gasteiger partial charge in [-0.15, -0.1) is 0 Å². The van der Waals surface area contributed by atoms with E-state index in [1.807, 2.05) is 12.1 Å². The molecule has 1 heterocycles. The summed E-state index contributed by atoms with van der Waals surface area (Å²) in [4.78, 5) is 14.4. The van der Waals surface area contributed by atoms with E-state index in [1.165, 1.54) is 6.42 Å². The molecule has 1 saturated carbocycles. The van der Waals surface area contributed by atoms with Crippen molar-refractivity contribution in [2.75, 3.05) is 25.0 Å². The molecule has 5 heteroatoms. The molecule has 2 aliphatic rings. The Labute approximate surface area is 142 Å². The summed E-state index contributed by atoms with van der Waals surface area (Å²) in [5.74, 6) is 0.404. The SMILES string of the molecule is O=C(CCN1CC[C@@]2(O)CCCC[C@H]2C1)Nc1ccc(Cl)cc1. The van der Waals surface area contributed by atoms with Gasteiger partial charge in [0.25, 0.3) is 0 Å². The van der Waals surface area contributed by atoms with Crippen molar-refractivity contribution in [3.63, 3.8) is 0 Å². The highest BCUT2D eigenvalue weighted by Crippen LogP contribution is 2.39. The molecular formula is C18H25ClN2O2. The van der Waals surface area contributed by atoms with Gasteiger partial charge in [-0.05, 0) is 43.5 Å². The summed E-state index contributed by atoms with van der Waals surface area (Å²) in [6, 6.07) is 7.16. The fourth-order valence-corrected chi connectivity index (χ4v) is 3.99. The quantitative estimate of drug-likeness (QED) is 0.887. The number of halogens is 1. The number of nitrogens with one attached hydrogen (secondary N) is 1. The lowest BCUT2D eigenvalue weighted by molar-refractivity contribution is -0.117. The van der Waals surface area contributed by atoms with Gasteiger partial charge in [-0.1, -0.05) is 24.4 Å². The molecule has 0 spiro atoms. The lowest BCUT2D eigenvalue weighted by Gasteiger charge is -2.47. The number of piperidine rings is 1. The predicted molar refractivity (Wildman–Crippen MR) is 92.7 cm³/mol. The highest BCUT2D eigenvalue weighted by Gasteiger charge is 2.42. The lowest BCUT2D eigenvalue weighted by atomic mass is 9.71. The number of anilines is 1. The third-order valence-corrected chi connectivity index (χ3v) is 5.55. The van der Waals surface area contributed by atoms with E-state index in [2.05, 4.69) is 10.2 Å². The Balaban J connectivity index is 1.45. The first-order chi connectivity index (χ1) is 11.0. The maximum atomic E-state index is 12.1. The van der Waals surface area contributed by atoms with Crippen molar-refractivity contribution in [2.45, 2.75) is 44.1 Å². The smallest absolute Gasteiger partial charge is 0.225 e. The molecule has 1 aliphatic carbocycles. The molecule has 0 unspecified atom stereocenters. The fraction of sp³-hybridized carbons (Fsp3) is 0.611. The Hall–Kier alpha value is -1.10. The highest BCUT2D eigenvalue weighted by atomic mass is 35.5. The van der Waals surface area contributed by atoms with Gasteiger partial charge in [0.05, 0.1) is 5.60 Å². The van der Waals surface area contributed by atoms with E-state index in [4.69, 9.17) is 11.6 Å². The Morgan fingerprint density at radius 2 is 2.09 bits per heavy atom. The third-order valence-electron chi connectivity index (χ3n) is 5.29. The zero-order valence-electron chi connectivity index (χ0n) is 13.4. The second kappa shape index (κ2) is 7.20. The topological polar surface area (TPSA) is 52.6 Å². The summed E-state index contributed by atoms with van der Waals surface area (Å²) in [5.41, 5.74) is 0.333. The Kier molecular flexibility index (Phi) is 5.24. The Bertz CT molecular complexity index is 548. The minimum atomic E-state index is -0.444. The number of rotatable bonds is 4. The molecule has 1 amide bonds. The average Bonchev–Trinajstić information content (AvgIpc) is 2.55. The third kappa shape index (κ3) is 4.25. The van der Waals surface area contributed by atoms with Crippen molar-refractivity contribution >= 4 is 23.2 Å². The molecule has 23 heavy (non-hydrogen) atoms. The average molecular weight is 337 g/mol. The Morgan fingerprint density at radius 1 is 1.30 bits per heavy atom.